The third kappa shape index (κ3) is 2.01. The Morgan fingerprint density at radius 3 is 2.42 bits per heavy atom. The van der Waals surface area contributed by atoms with Gasteiger partial charge in [0.05, 0.1) is 5.83 Å². The molecule has 4 aliphatic carbocycles. The highest BCUT2D eigenvalue weighted by molar-refractivity contribution is 5.96. The van der Waals surface area contributed by atoms with E-state index < -0.39 is 0 Å². The molecule has 2 heteroatoms. The summed E-state index contributed by atoms with van der Waals surface area (Å²) in [6, 6.07) is 0. The Morgan fingerprint density at radius 1 is 1.00 bits per heavy atom. The van der Waals surface area contributed by atoms with E-state index in [0.717, 1.165) is 49.2 Å². The van der Waals surface area contributed by atoms with Crippen LogP contribution in [0.5, 0.6) is 0 Å². The number of hydrogen-bond donors (Lipinski definition) is 0. The predicted molar refractivity (Wildman–Crippen MR) is 95.1 cm³/mol. The molecule has 0 saturated heterocycles. The van der Waals surface area contributed by atoms with Gasteiger partial charge in [0.25, 0.3) is 0 Å². The molecule has 4 rings (SSSR count). The molecule has 5 atom stereocenters. The Kier molecular flexibility index (Phi) is 3.64. The Labute approximate surface area is 145 Å². The van der Waals surface area contributed by atoms with Crippen molar-refractivity contribution in [2.75, 3.05) is 0 Å². The Balaban J connectivity index is 1.72. The van der Waals surface area contributed by atoms with Gasteiger partial charge >= 0.3 is 0 Å². The third-order valence-electron chi connectivity index (χ3n) is 8.62. The van der Waals surface area contributed by atoms with E-state index in [0.29, 0.717) is 17.6 Å². The SMILES string of the molecule is CC(F)=C1CCC2C3CCC4=C(C)C(=O)CC[C@]4(C)C3CC[C@]12C. The highest BCUT2D eigenvalue weighted by Crippen LogP contribution is 2.67. The number of carbonyl (C=O) groups excluding carboxylic acids is 1. The van der Waals surface area contributed by atoms with E-state index in [4.69, 9.17) is 0 Å². The quantitative estimate of drug-likeness (QED) is 0.520. The number of allylic oxidation sites excluding steroid dienone is 3. The van der Waals surface area contributed by atoms with Gasteiger partial charge < -0.3 is 0 Å². The lowest BCUT2D eigenvalue weighted by atomic mass is 9.46. The van der Waals surface area contributed by atoms with Gasteiger partial charge in [0.2, 0.25) is 0 Å². The monoisotopic (exact) mass is 330 g/mol. The average molecular weight is 330 g/mol. The van der Waals surface area contributed by atoms with Gasteiger partial charge in [-0.05, 0) is 98.5 Å². The summed E-state index contributed by atoms with van der Waals surface area (Å²) in [6.07, 6.45) is 8.53. The lowest BCUT2D eigenvalue weighted by Crippen LogP contribution is -2.50. The molecular weight excluding hydrogens is 299 g/mol. The molecule has 0 aromatic heterocycles. The van der Waals surface area contributed by atoms with Crippen molar-refractivity contribution in [3.05, 3.63) is 22.5 Å². The molecule has 3 unspecified atom stereocenters. The van der Waals surface area contributed by atoms with Crippen LogP contribution >= 0.6 is 0 Å². The van der Waals surface area contributed by atoms with Crippen molar-refractivity contribution in [2.45, 2.75) is 79.1 Å². The minimum atomic E-state index is 0.0835. The van der Waals surface area contributed by atoms with Crippen molar-refractivity contribution in [1.29, 1.82) is 0 Å². The molecule has 0 aromatic rings. The molecule has 3 saturated carbocycles. The number of Topliss-reactive ketones (excluding diaryl/α,β-unsaturated/α-hetero) is 1. The van der Waals surface area contributed by atoms with Gasteiger partial charge in [0.1, 0.15) is 0 Å². The number of halogens is 1. The summed E-state index contributed by atoms with van der Waals surface area (Å²) in [7, 11) is 0. The summed E-state index contributed by atoms with van der Waals surface area (Å²) in [5, 5.41) is 0. The van der Waals surface area contributed by atoms with E-state index in [1.54, 1.807) is 6.92 Å². The fraction of sp³-hybridized carbons (Fsp3) is 0.773. The number of carbonyl (C=O) groups is 1. The zero-order valence-electron chi connectivity index (χ0n) is 15.7. The molecule has 0 heterocycles. The van der Waals surface area contributed by atoms with Gasteiger partial charge in [-0.15, -0.1) is 0 Å². The zero-order valence-corrected chi connectivity index (χ0v) is 15.7. The third-order valence-corrected chi connectivity index (χ3v) is 8.62. The summed E-state index contributed by atoms with van der Waals surface area (Å²) in [5.41, 5.74) is 3.98. The first-order chi connectivity index (χ1) is 11.3. The summed E-state index contributed by atoms with van der Waals surface area (Å²) in [4.78, 5) is 12.2. The van der Waals surface area contributed by atoms with Gasteiger partial charge in [0, 0.05) is 6.42 Å². The maximum Gasteiger partial charge on any atom is 0.158 e. The summed E-state index contributed by atoms with van der Waals surface area (Å²) in [6.45, 7) is 8.49. The predicted octanol–water partition coefficient (Wildman–Crippen LogP) is 6.15. The summed E-state index contributed by atoms with van der Waals surface area (Å²) in [5.74, 6) is 2.52. The summed E-state index contributed by atoms with van der Waals surface area (Å²) >= 11 is 0. The fourth-order valence-corrected chi connectivity index (χ4v) is 7.36. The molecule has 0 amide bonds. The molecule has 24 heavy (non-hydrogen) atoms. The van der Waals surface area contributed by atoms with Crippen LogP contribution in [-0.2, 0) is 4.79 Å². The lowest BCUT2D eigenvalue weighted by Gasteiger charge is -2.58. The van der Waals surface area contributed by atoms with Gasteiger partial charge in [0.15, 0.2) is 5.78 Å². The number of hydrogen-bond acceptors (Lipinski definition) is 1. The van der Waals surface area contributed by atoms with Crippen molar-refractivity contribution >= 4 is 5.78 Å². The van der Waals surface area contributed by atoms with Gasteiger partial charge in [-0.3, -0.25) is 4.79 Å². The average Bonchev–Trinajstić information content (AvgIpc) is 2.89. The molecule has 0 bridgehead atoms. The summed E-state index contributed by atoms with van der Waals surface area (Å²) < 4.78 is 14.1. The van der Waals surface area contributed by atoms with E-state index >= 15 is 0 Å². The normalized spacial score (nSPS) is 47.2. The van der Waals surface area contributed by atoms with E-state index in [-0.39, 0.29) is 16.7 Å². The van der Waals surface area contributed by atoms with Crippen LogP contribution in [0.4, 0.5) is 4.39 Å². The number of rotatable bonds is 0. The van der Waals surface area contributed by atoms with Crippen molar-refractivity contribution in [2.24, 2.45) is 28.6 Å². The second-order valence-electron chi connectivity index (χ2n) is 9.37. The van der Waals surface area contributed by atoms with Crippen molar-refractivity contribution in [3.63, 3.8) is 0 Å². The van der Waals surface area contributed by atoms with E-state index in [1.165, 1.54) is 24.8 Å². The highest BCUT2D eigenvalue weighted by atomic mass is 19.1. The van der Waals surface area contributed by atoms with Gasteiger partial charge in [-0.2, -0.15) is 0 Å². The van der Waals surface area contributed by atoms with Gasteiger partial charge in [-0.1, -0.05) is 19.4 Å². The zero-order chi connectivity index (χ0) is 17.3. The largest absolute Gasteiger partial charge is 0.295 e. The first-order valence-corrected chi connectivity index (χ1v) is 9.88. The van der Waals surface area contributed by atoms with Crippen LogP contribution in [-0.4, -0.2) is 5.78 Å². The molecule has 0 aromatic carbocycles. The van der Waals surface area contributed by atoms with Crippen LogP contribution < -0.4 is 0 Å². The van der Waals surface area contributed by atoms with Gasteiger partial charge in [-0.25, -0.2) is 4.39 Å². The van der Waals surface area contributed by atoms with Crippen LogP contribution in [0.2, 0.25) is 0 Å². The molecular formula is C22H31FO. The maximum atomic E-state index is 14.1. The van der Waals surface area contributed by atoms with Crippen LogP contribution in [0, 0.1) is 28.6 Å². The molecule has 1 nitrogen and oxygen atoms in total. The topological polar surface area (TPSA) is 17.1 Å². The molecule has 132 valence electrons. The van der Waals surface area contributed by atoms with E-state index in [1.807, 2.05) is 0 Å². The second-order valence-corrected chi connectivity index (χ2v) is 9.37. The molecule has 3 fully saturated rings. The highest BCUT2D eigenvalue weighted by Gasteiger charge is 2.58. The molecule has 0 spiro atoms. The number of ketones is 1. The van der Waals surface area contributed by atoms with E-state index in [2.05, 4.69) is 20.8 Å². The Bertz CT molecular complexity index is 653. The standard InChI is InChI=1S/C22H31FO/c1-13-16-6-5-15-18-8-7-17(14(2)23)22(18,4)11-9-19(15)21(16,3)12-10-20(13)24/h15,18-19H,5-12H2,1-4H3/t15?,18?,19?,21-,22+/m0/s1. The molecule has 0 N–H and O–H groups in total. The van der Waals surface area contributed by atoms with Crippen molar-refractivity contribution in [1.82, 2.24) is 0 Å². The first-order valence-electron chi connectivity index (χ1n) is 9.88. The van der Waals surface area contributed by atoms with E-state index in [9.17, 15) is 9.18 Å². The first kappa shape index (κ1) is 16.5. The van der Waals surface area contributed by atoms with Crippen LogP contribution in [0.25, 0.3) is 0 Å². The molecule has 4 aliphatic rings. The lowest BCUT2D eigenvalue weighted by molar-refractivity contribution is -0.118. The second kappa shape index (κ2) is 5.29. The molecule has 0 aliphatic heterocycles. The smallest absolute Gasteiger partial charge is 0.158 e. The van der Waals surface area contributed by atoms with Crippen LogP contribution in [0.15, 0.2) is 22.5 Å². The molecule has 0 radical (unpaired) electrons. The number of fused-ring (bicyclic) bond motifs is 5. The van der Waals surface area contributed by atoms with Crippen molar-refractivity contribution < 1.29 is 9.18 Å². The fourth-order valence-electron chi connectivity index (χ4n) is 7.36. The van der Waals surface area contributed by atoms with Crippen LogP contribution in [0.1, 0.15) is 79.1 Å². The van der Waals surface area contributed by atoms with Crippen LogP contribution in [0.3, 0.4) is 0 Å². The van der Waals surface area contributed by atoms with Crippen molar-refractivity contribution in [3.8, 4) is 0 Å². The minimum Gasteiger partial charge on any atom is -0.295 e. The Morgan fingerprint density at radius 2 is 1.71 bits per heavy atom. The maximum absolute atomic E-state index is 14.1. The minimum absolute atomic E-state index is 0.0835. The Hall–Kier alpha value is -0.920.